The summed E-state index contributed by atoms with van der Waals surface area (Å²) in [5, 5.41) is 6.02. The molecule has 0 amide bonds. The summed E-state index contributed by atoms with van der Waals surface area (Å²) in [6.45, 7) is 0. The van der Waals surface area contributed by atoms with E-state index >= 15 is 0 Å². The third-order valence-electron chi connectivity index (χ3n) is 3.18. The fraction of sp³-hybridized carbons (Fsp3) is 0.455. The van der Waals surface area contributed by atoms with Crippen molar-refractivity contribution in [2.24, 2.45) is 5.73 Å². The highest BCUT2D eigenvalue weighted by atomic mass is 79.9. The van der Waals surface area contributed by atoms with Crippen molar-refractivity contribution in [2.75, 3.05) is 0 Å². The molecule has 1 saturated carbocycles. The van der Waals surface area contributed by atoms with E-state index in [-0.39, 0.29) is 17.9 Å². The van der Waals surface area contributed by atoms with E-state index in [1.165, 1.54) is 0 Å². The lowest BCUT2D eigenvalue weighted by Gasteiger charge is -2.17. The maximum Gasteiger partial charge on any atom is 0.269 e. The zero-order chi connectivity index (χ0) is 11.9. The van der Waals surface area contributed by atoms with Crippen molar-refractivity contribution < 1.29 is 4.52 Å². The van der Waals surface area contributed by atoms with Gasteiger partial charge in [0, 0.05) is 4.47 Å². The third-order valence-corrected chi connectivity index (χ3v) is 5.00. The Balaban J connectivity index is 0.00000120. The maximum absolute atomic E-state index is 6.29. The van der Waals surface area contributed by atoms with Crippen LogP contribution in [0.2, 0.25) is 0 Å². The second kappa shape index (κ2) is 5.28. The first-order valence-corrected chi connectivity index (χ1v) is 7.23. The number of aromatic nitrogens is 2. The van der Waals surface area contributed by atoms with E-state index in [0.29, 0.717) is 11.7 Å². The molecule has 2 aromatic heterocycles. The van der Waals surface area contributed by atoms with Gasteiger partial charge in [-0.3, -0.25) is 0 Å². The molecule has 0 unspecified atom stereocenters. The predicted octanol–water partition coefficient (Wildman–Crippen LogP) is 3.71. The van der Waals surface area contributed by atoms with E-state index in [1.54, 1.807) is 11.3 Å². The van der Waals surface area contributed by atoms with Crippen LogP contribution in [0.4, 0.5) is 0 Å². The average Bonchev–Trinajstić information content (AvgIpc) is 2.97. The Morgan fingerprint density at radius 1 is 1.39 bits per heavy atom. The minimum atomic E-state index is -0.383. The Morgan fingerprint density at radius 2 is 2.11 bits per heavy atom. The molecule has 1 fully saturated rings. The number of hydrogen-bond donors (Lipinski definition) is 1. The van der Waals surface area contributed by atoms with E-state index in [2.05, 4.69) is 26.1 Å². The minimum absolute atomic E-state index is 0. The molecule has 0 radical (unpaired) electrons. The van der Waals surface area contributed by atoms with Gasteiger partial charge in [0.1, 0.15) is 4.88 Å². The lowest BCUT2D eigenvalue weighted by atomic mass is 9.99. The van der Waals surface area contributed by atoms with Crippen LogP contribution in [0.1, 0.15) is 31.5 Å². The Kier molecular flexibility index (Phi) is 4.11. The smallest absolute Gasteiger partial charge is 0.269 e. The van der Waals surface area contributed by atoms with E-state index in [1.807, 2.05) is 11.4 Å². The molecule has 18 heavy (non-hydrogen) atoms. The molecule has 0 spiro atoms. The molecular formula is C11H13BrClN3OS. The van der Waals surface area contributed by atoms with Gasteiger partial charge >= 0.3 is 0 Å². The predicted molar refractivity (Wildman–Crippen MR) is 76.9 cm³/mol. The van der Waals surface area contributed by atoms with Crippen LogP contribution < -0.4 is 5.73 Å². The molecule has 0 aliphatic heterocycles. The fourth-order valence-corrected chi connectivity index (χ4v) is 3.66. The maximum atomic E-state index is 6.29. The number of hydrogen-bond acceptors (Lipinski definition) is 5. The third kappa shape index (κ3) is 2.34. The largest absolute Gasteiger partial charge is 0.333 e. The summed E-state index contributed by atoms with van der Waals surface area (Å²) in [6.07, 6.45) is 4.17. The zero-order valence-corrected chi connectivity index (χ0v) is 12.8. The van der Waals surface area contributed by atoms with Gasteiger partial charge in [-0.1, -0.05) is 18.0 Å². The quantitative estimate of drug-likeness (QED) is 0.896. The van der Waals surface area contributed by atoms with Gasteiger partial charge in [0.2, 0.25) is 0 Å². The Hall–Kier alpha value is -0.430. The van der Waals surface area contributed by atoms with Crippen molar-refractivity contribution in [1.29, 1.82) is 0 Å². The first-order chi connectivity index (χ1) is 8.19. The summed E-state index contributed by atoms with van der Waals surface area (Å²) in [4.78, 5) is 5.41. The van der Waals surface area contributed by atoms with Gasteiger partial charge in [-0.15, -0.1) is 23.7 Å². The van der Waals surface area contributed by atoms with Gasteiger partial charge in [0.15, 0.2) is 5.82 Å². The van der Waals surface area contributed by atoms with Crippen LogP contribution in [0.3, 0.4) is 0 Å². The average molecular weight is 351 g/mol. The lowest BCUT2D eigenvalue weighted by molar-refractivity contribution is 0.373. The minimum Gasteiger partial charge on any atom is -0.333 e. The molecule has 2 heterocycles. The molecule has 0 saturated heterocycles. The van der Waals surface area contributed by atoms with E-state index in [4.69, 9.17) is 10.3 Å². The summed E-state index contributed by atoms with van der Waals surface area (Å²) in [5.41, 5.74) is 5.91. The molecule has 1 aliphatic carbocycles. The highest BCUT2D eigenvalue weighted by Gasteiger charge is 2.36. The normalized spacial score (nSPS) is 17.7. The molecule has 98 valence electrons. The number of nitrogens with two attached hydrogens (primary N) is 1. The van der Waals surface area contributed by atoms with Crippen molar-refractivity contribution in [3.05, 3.63) is 21.7 Å². The second-order valence-corrected chi connectivity index (χ2v) is 6.15. The number of halogens is 2. The molecule has 0 atom stereocenters. The summed E-state index contributed by atoms with van der Waals surface area (Å²) in [7, 11) is 0. The highest BCUT2D eigenvalue weighted by molar-refractivity contribution is 9.10. The summed E-state index contributed by atoms with van der Waals surface area (Å²) in [6, 6.07) is 1.97. The molecular weight excluding hydrogens is 338 g/mol. The molecule has 0 bridgehead atoms. The van der Waals surface area contributed by atoms with Gasteiger partial charge in [-0.25, -0.2) is 0 Å². The molecule has 3 rings (SSSR count). The SMILES string of the molecule is Cl.NC1(c2noc(-c3sccc3Br)n2)CCCC1. The Bertz CT molecular complexity index is 536. The van der Waals surface area contributed by atoms with Crippen molar-refractivity contribution in [2.45, 2.75) is 31.2 Å². The van der Waals surface area contributed by atoms with Crippen LogP contribution in [0.5, 0.6) is 0 Å². The standard InChI is InChI=1S/C11H12BrN3OS.ClH/c12-7-3-6-17-8(7)9-14-10(15-16-9)11(13)4-1-2-5-11;/h3,6H,1-2,4-5,13H2;1H. The van der Waals surface area contributed by atoms with Crippen LogP contribution >= 0.6 is 39.7 Å². The van der Waals surface area contributed by atoms with Gasteiger partial charge < -0.3 is 10.3 Å². The summed E-state index contributed by atoms with van der Waals surface area (Å²) in [5.74, 6) is 1.20. The van der Waals surface area contributed by atoms with E-state index in [0.717, 1.165) is 35.0 Å². The first kappa shape index (κ1) is 14.0. The molecule has 1 aliphatic rings. The van der Waals surface area contributed by atoms with E-state index in [9.17, 15) is 0 Å². The van der Waals surface area contributed by atoms with Gasteiger partial charge in [-0.2, -0.15) is 4.98 Å². The molecule has 2 N–H and O–H groups in total. The van der Waals surface area contributed by atoms with Crippen LogP contribution in [0.25, 0.3) is 10.8 Å². The van der Waals surface area contributed by atoms with Crippen molar-refractivity contribution >= 4 is 39.7 Å². The zero-order valence-electron chi connectivity index (χ0n) is 9.56. The molecule has 7 heteroatoms. The number of nitrogens with zero attached hydrogens (tertiary/aromatic N) is 2. The monoisotopic (exact) mass is 349 g/mol. The molecule has 0 aromatic carbocycles. The molecule has 2 aromatic rings. The summed E-state index contributed by atoms with van der Waals surface area (Å²) < 4.78 is 6.29. The number of rotatable bonds is 2. The van der Waals surface area contributed by atoms with Crippen LogP contribution in [-0.2, 0) is 5.54 Å². The first-order valence-electron chi connectivity index (χ1n) is 5.55. The van der Waals surface area contributed by atoms with Crippen LogP contribution in [0.15, 0.2) is 20.4 Å². The van der Waals surface area contributed by atoms with E-state index < -0.39 is 0 Å². The molecule has 4 nitrogen and oxygen atoms in total. The van der Waals surface area contributed by atoms with Crippen LogP contribution in [-0.4, -0.2) is 10.1 Å². The van der Waals surface area contributed by atoms with Gasteiger partial charge in [0.25, 0.3) is 5.89 Å². The van der Waals surface area contributed by atoms with Crippen molar-refractivity contribution in [1.82, 2.24) is 10.1 Å². The van der Waals surface area contributed by atoms with Crippen LogP contribution in [0, 0.1) is 0 Å². The Labute approximate surface area is 123 Å². The Morgan fingerprint density at radius 3 is 2.72 bits per heavy atom. The topological polar surface area (TPSA) is 64.9 Å². The van der Waals surface area contributed by atoms with Crippen molar-refractivity contribution in [3.63, 3.8) is 0 Å². The van der Waals surface area contributed by atoms with Gasteiger partial charge in [0.05, 0.1) is 5.54 Å². The highest BCUT2D eigenvalue weighted by Crippen LogP contribution is 2.37. The summed E-state index contributed by atoms with van der Waals surface area (Å²) >= 11 is 5.03. The lowest BCUT2D eigenvalue weighted by Crippen LogP contribution is -2.34. The van der Waals surface area contributed by atoms with Crippen molar-refractivity contribution in [3.8, 4) is 10.8 Å². The fourth-order valence-electron chi connectivity index (χ4n) is 2.19. The van der Waals surface area contributed by atoms with Gasteiger partial charge in [-0.05, 0) is 40.2 Å². The number of thiophene rings is 1. The second-order valence-electron chi connectivity index (χ2n) is 4.38.